The van der Waals surface area contributed by atoms with Crippen LogP contribution < -0.4 is 4.74 Å². The highest BCUT2D eigenvalue weighted by atomic mass is 19.3. The molecule has 1 aromatic heterocycles. The predicted octanol–water partition coefficient (Wildman–Crippen LogP) is 2.01. The number of likely N-dealkylation sites (tertiary alicyclic amines) is 1. The lowest BCUT2D eigenvalue weighted by Gasteiger charge is -2.43. The van der Waals surface area contributed by atoms with Crippen LogP contribution in [0.3, 0.4) is 0 Å². The molecule has 1 aliphatic rings. The first-order chi connectivity index (χ1) is 15.2. The van der Waals surface area contributed by atoms with Gasteiger partial charge in [0.15, 0.2) is 0 Å². The maximum absolute atomic E-state index is 12.5. The van der Waals surface area contributed by atoms with E-state index in [1.165, 1.54) is 6.20 Å². The molecule has 1 aliphatic heterocycles. The Kier molecular flexibility index (Phi) is 6.24. The number of rotatable bonds is 8. The first kappa shape index (κ1) is 22.7. The van der Waals surface area contributed by atoms with Gasteiger partial charge in [-0.2, -0.15) is 8.78 Å². The van der Waals surface area contributed by atoms with Crippen LogP contribution in [0.25, 0.3) is 10.9 Å². The number of nitrogens with zero attached hydrogens (tertiary/aromatic N) is 1. The minimum absolute atomic E-state index is 0.0347. The second kappa shape index (κ2) is 8.80. The zero-order chi connectivity index (χ0) is 22.9. The van der Waals surface area contributed by atoms with E-state index in [4.69, 9.17) is 12.6 Å². The third kappa shape index (κ3) is 4.24. The Morgan fingerprint density at radius 2 is 1.88 bits per heavy atom. The molecule has 2 radical (unpaired) electrons. The zero-order valence-corrected chi connectivity index (χ0v) is 17.1. The number of aliphatic hydroxyl groups is 3. The topological polar surface area (TPSA) is 98.2 Å². The highest BCUT2D eigenvalue weighted by Gasteiger charge is 2.52. The van der Waals surface area contributed by atoms with Crippen LogP contribution in [0.1, 0.15) is 17.5 Å². The largest absolute Gasteiger partial charge is 0.488 e. The summed E-state index contributed by atoms with van der Waals surface area (Å²) in [7, 11) is 5.97. The number of ether oxygens (including phenoxy) is 2. The van der Waals surface area contributed by atoms with Crippen LogP contribution in [0.2, 0.25) is 0 Å². The zero-order valence-electron chi connectivity index (χ0n) is 17.1. The summed E-state index contributed by atoms with van der Waals surface area (Å²) in [5.41, 5.74) is -1.35. The molecule has 4 N–H and O–H groups in total. The molecule has 2 atom stereocenters. The fourth-order valence-electron chi connectivity index (χ4n) is 3.99. The van der Waals surface area contributed by atoms with Crippen LogP contribution in [-0.4, -0.2) is 64.5 Å². The lowest BCUT2D eigenvalue weighted by molar-refractivity contribution is -0.295. The molecule has 0 saturated carbocycles. The summed E-state index contributed by atoms with van der Waals surface area (Å²) >= 11 is 0. The molecule has 2 aromatic carbocycles. The van der Waals surface area contributed by atoms with Gasteiger partial charge in [-0.15, -0.1) is 0 Å². The SMILES string of the molecule is [B]C(O)(N1CCC(OC(F)F)C1)C(O)(O)c1c[nH]c2cccc(OCc3ccccc3)c12. The van der Waals surface area contributed by atoms with Crippen molar-refractivity contribution >= 4 is 18.7 Å². The van der Waals surface area contributed by atoms with Gasteiger partial charge in [0.25, 0.3) is 0 Å². The second-order valence-electron chi connectivity index (χ2n) is 7.81. The summed E-state index contributed by atoms with van der Waals surface area (Å²) in [4.78, 5) is 4.02. The smallest absolute Gasteiger partial charge is 0.345 e. The molecule has 0 aliphatic carbocycles. The number of fused-ring (bicyclic) bond motifs is 1. The van der Waals surface area contributed by atoms with Gasteiger partial charge < -0.3 is 29.8 Å². The van der Waals surface area contributed by atoms with E-state index in [0.29, 0.717) is 16.7 Å². The summed E-state index contributed by atoms with van der Waals surface area (Å²) in [5.74, 6) is -2.61. The Labute approximate surface area is 184 Å². The van der Waals surface area contributed by atoms with E-state index in [1.807, 2.05) is 30.3 Å². The number of H-pyrrole nitrogens is 1. The van der Waals surface area contributed by atoms with E-state index in [2.05, 4.69) is 9.72 Å². The lowest BCUT2D eigenvalue weighted by atomic mass is 9.77. The monoisotopic (exact) mass is 444 g/mol. The van der Waals surface area contributed by atoms with Gasteiger partial charge in [0.05, 0.1) is 11.5 Å². The van der Waals surface area contributed by atoms with E-state index >= 15 is 0 Å². The minimum atomic E-state index is -2.98. The number of halogens is 2. The number of benzene rings is 2. The molecule has 7 nitrogen and oxygen atoms in total. The molecule has 1 fully saturated rings. The Balaban J connectivity index is 1.63. The van der Waals surface area contributed by atoms with Gasteiger partial charge in [-0.3, -0.25) is 4.90 Å². The summed E-state index contributed by atoms with van der Waals surface area (Å²) in [6.07, 6.45) is 0.578. The van der Waals surface area contributed by atoms with E-state index in [9.17, 15) is 24.1 Å². The van der Waals surface area contributed by atoms with E-state index in [1.54, 1.807) is 18.2 Å². The Morgan fingerprint density at radius 3 is 2.59 bits per heavy atom. The first-order valence-electron chi connectivity index (χ1n) is 10.1. The molecule has 2 heterocycles. The molecule has 3 aromatic rings. The van der Waals surface area contributed by atoms with Crippen molar-refractivity contribution in [3.63, 3.8) is 0 Å². The van der Waals surface area contributed by atoms with Crippen molar-refractivity contribution < 1.29 is 33.6 Å². The van der Waals surface area contributed by atoms with Gasteiger partial charge in [0, 0.05) is 30.4 Å². The number of hydrogen-bond acceptors (Lipinski definition) is 6. The normalized spacial score (nSPS) is 19.5. The molecule has 1 saturated heterocycles. The Hall–Kier alpha value is -2.50. The van der Waals surface area contributed by atoms with Gasteiger partial charge in [0.1, 0.15) is 25.8 Å². The summed E-state index contributed by atoms with van der Waals surface area (Å²) < 4.78 is 35.4. The van der Waals surface area contributed by atoms with Crippen molar-refractivity contribution in [1.82, 2.24) is 9.88 Å². The van der Waals surface area contributed by atoms with Crippen LogP contribution in [0.5, 0.6) is 5.75 Å². The molecular weight excluding hydrogens is 421 g/mol. The molecule has 0 bridgehead atoms. The first-order valence-corrected chi connectivity index (χ1v) is 10.1. The van der Waals surface area contributed by atoms with E-state index < -0.39 is 24.1 Å². The van der Waals surface area contributed by atoms with Crippen molar-refractivity contribution in [2.24, 2.45) is 0 Å². The Morgan fingerprint density at radius 1 is 1.12 bits per heavy atom. The fraction of sp³-hybridized carbons (Fsp3) is 0.364. The molecule has 168 valence electrons. The minimum Gasteiger partial charge on any atom is -0.488 e. The highest BCUT2D eigenvalue weighted by molar-refractivity contribution is 6.15. The third-order valence-corrected chi connectivity index (χ3v) is 5.72. The van der Waals surface area contributed by atoms with Crippen LogP contribution in [-0.2, 0) is 17.1 Å². The van der Waals surface area contributed by atoms with E-state index in [-0.39, 0.29) is 31.7 Å². The predicted molar refractivity (Wildman–Crippen MR) is 113 cm³/mol. The van der Waals surface area contributed by atoms with Crippen molar-refractivity contribution in [2.45, 2.75) is 37.2 Å². The highest BCUT2D eigenvalue weighted by Crippen LogP contribution is 2.40. The Bertz CT molecular complexity index is 1060. The summed E-state index contributed by atoms with van der Waals surface area (Å²) in [6, 6.07) is 14.5. The molecule has 32 heavy (non-hydrogen) atoms. The number of nitrogens with one attached hydrogen (secondary N) is 1. The third-order valence-electron chi connectivity index (χ3n) is 5.72. The lowest BCUT2D eigenvalue weighted by Crippen LogP contribution is -2.63. The maximum Gasteiger partial charge on any atom is 0.345 e. The number of alkyl halides is 2. The van der Waals surface area contributed by atoms with Crippen molar-refractivity contribution in [3.05, 3.63) is 65.9 Å². The molecular formula is C22H23BF2N2O5. The van der Waals surface area contributed by atoms with Crippen molar-refractivity contribution in [2.75, 3.05) is 13.1 Å². The van der Waals surface area contributed by atoms with Crippen LogP contribution in [0.15, 0.2) is 54.7 Å². The van der Waals surface area contributed by atoms with Crippen LogP contribution >= 0.6 is 0 Å². The summed E-state index contributed by atoms with van der Waals surface area (Å²) in [5, 5.41) is 33.3. The van der Waals surface area contributed by atoms with Gasteiger partial charge in [0.2, 0.25) is 5.79 Å². The van der Waals surface area contributed by atoms with Gasteiger partial charge in [-0.25, -0.2) is 0 Å². The number of aromatic nitrogens is 1. The molecule has 10 heteroatoms. The van der Waals surface area contributed by atoms with Crippen molar-refractivity contribution in [1.29, 1.82) is 0 Å². The second-order valence-corrected chi connectivity index (χ2v) is 7.81. The maximum atomic E-state index is 12.5. The standard InChI is InChI=1S/C22H23BF2N2O5/c23-22(30,27-10-9-15(12-27)32-20(24)25)21(28,29)16-11-26-17-7-4-8-18(19(16)17)31-13-14-5-2-1-3-6-14/h1-8,11,15,20,26,28-30H,9-10,12-13H2. The van der Waals surface area contributed by atoms with Crippen LogP contribution in [0.4, 0.5) is 8.78 Å². The van der Waals surface area contributed by atoms with Crippen molar-refractivity contribution in [3.8, 4) is 5.75 Å². The number of hydrogen-bond donors (Lipinski definition) is 4. The molecule has 4 rings (SSSR count). The van der Waals surface area contributed by atoms with E-state index in [0.717, 1.165) is 10.5 Å². The quantitative estimate of drug-likeness (QED) is 0.314. The van der Waals surface area contributed by atoms with Gasteiger partial charge in [-0.05, 0) is 24.1 Å². The number of aromatic amines is 1. The van der Waals surface area contributed by atoms with Gasteiger partial charge >= 0.3 is 6.61 Å². The average Bonchev–Trinajstić information content (AvgIpc) is 3.40. The average molecular weight is 444 g/mol. The molecule has 2 unspecified atom stereocenters. The fourth-order valence-corrected chi connectivity index (χ4v) is 3.99. The summed E-state index contributed by atoms with van der Waals surface area (Å²) in [6.45, 7) is -2.90. The molecule has 0 amide bonds. The molecule has 0 spiro atoms. The van der Waals surface area contributed by atoms with Gasteiger partial charge in [-0.1, -0.05) is 36.4 Å². The van der Waals surface area contributed by atoms with Crippen LogP contribution in [0, 0.1) is 0 Å².